The van der Waals surface area contributed by atoms with Crippen molar-refractivity contribution >= 4 is 50.7 Å². The fourth-order valence-corrected chi connectivity index (χ4v) is 7.31. The van der Waals surface area contributed by atoms with Gasteiger partial charge in [0.15, 0.2) is 11.5 Å². The Balaban J connectivity index is 1.52. The SMILES string of the molecule is CCC(C(=O)NC1CCCC1)N(Cc1ccc(Cl)c(Cl)c1)C(=O)CN(c1ccc2c(c1)OCCO2)S(=O)(=O)c1ccccc1. The Morgan fingerprint density at radius 1 is 0.932 bits per heavy atom. The highest BCUT2D eigenvalue weighted by Crippen LogP contribution is 2.36. The second kappa shape index (κ2) is 14.1. The number of anilines is 1. The van der Waals surface area contributed by atoms with Crippen molar-refractivity contribution in [1.29, 1.82) is 0 Å². The van der Waals surface area contributed by atoms with Crippen molar-refractivity contribution in [3.05, 3.63) is 82.3 Å². The van der Waals surface area contributed by atoms with Gasteiger partial charge in [0.2, 0.25) is 11.8 Å². The maximum absolute atomic E-state index is 14.3. The molecule has 1 saturated carbocycles. The van der Waals surface area contributed by atoms with E-state index in [0.29, 0.717) is 46.7 Å². The third kappa shape index (κ3) is 7.25. The smallest absolute Gasteiger partial charge is 0.264 e. The van der Waals surface area contributed by atoms with Gasteiger partial charge in [-0.05, 0) is 61.2 Å². The van der Waals surface area contributed by atoms with Gasteiger partial charge >= 0.3 is 0 Å². The number of amides is 2. The molecule has 9 nitrogen and oxygen atoms in total. The molecule has 0 aromatic heterocycles. The lowest BCUT2D eigenvalue weighted by Crippen LogP contribution is -2.53. The van der Waals surface area contributed by atoms with Gasteiger partial charge in [-0.1, -0.05) is 67.2 Å². The predicted octanol–water partition coefficient (Wildman–Crippen LogP) is 5.83. The molecule has 0 radical (unpaired) electrons. The quantitative estimate of drug-likeness (QED) is 0.278. The van der Waals surface area contributed by atoms with Crippen LogP contribution in [0.2, 0.25) is 10.0 Å². The normalized spacial score (nSPS) is 15.4. The van der Waals surface area contributed by atoms with Gasteiger partial charge in [0.25, 0.3) is 10.0 Å². The Labute approximate surface area is 268 Å². The lowest BCUT2D eigenvalue weighted by molar-refractivity contribution is -0.140. The van der Waals surface area contributed by atoms with Crippen LogP contribution in [0.4, 0.5) is 5.69 Å². The Morgan fingerprint density at radius 2 is 1.64 bits per heavy atom. The summed E-state index contributed by atoms with van der Waals surface area (Å²) in [7, 11) is -4.22. The fourth-order valence-electron chi connectivity index (χ4n) is 5.56. The highest BCUT2D eigenvalue weighted by Gasteiger charge is 2.35. The topological polar surface area (TPSA) is 105 Å². The van der Waals surface area contributed by atoms with Crippen LogP contribution in [0.25, 0.3) is 0 Å². The first-order chi connectivity index (χ1) is 21.2. The molecule has 1 atom stereocenters. The highest BCUT2D eigenvalue weighted by molar-refractivity contribution is 7.92. The molecule has 234 valence electrons. The Bertz CT molecular complexity index is 1600. The Morgan fingerprint density at radius 3 is 2.32 bits per heavy atom. The van der Waals surface area contributed by atoms with Crippen LogP contribution in [0.1, 0.15) is 44.6 Å². The maximum atomic E-state index is 14.3. The molecular weight excluding hydrogens is 625 g/mol. The number of halogens is 2. The number of benzene rings is 3. The molecule has 0 spiro atoms. The number of rotatable bonds is 11. The molecule has 2 aliphatic rings. The van der Waals surface area contributed by atoms with Crippen LogP contribution < -0.4 is 19.1 Å². The monoisotopic (exact) mass is 659 g/mol. The zero-order chi connectivity index (χ0) is 31.3. The Kier molecular flexibility index (Phi) is 10.2. The van der Waals surface area contributed by atoms with E-state index in [1.807, 2.05) is 6.92 Å². The second-order valence-electron chi connectivity index (χ2n) is 10.8. The first-order valence-corrected chi connectivity index (χ1v) is 16.9. The largest absolute Gasteiger partial charge is 0.486 e. The van der Waals surface area contributed by atoms with Crippen LogP contribution in [0.5, 0.6) is 11.5 Å². The number of carbonyl (C=O) groups excluding carboxylic acids is 2. The number of hydrogen-bond acceptors (Lipinski definition) is 6. The third-order valence-electron chi connectivity index (χ3n) is 7.85. The van der Waals surface area contributed by atoms with Crippen LogP contribution in [0.3, 0.4) is 0 Å². The summed E-state index contributed by atoms with van der Waals surface area (Å²) in [6.45, 7) is 1.97. The van der Waals surface area contributed by atoms with E-state index in [9.17, 15) is 18.0 Å². The van der Waals surface area contributed by atoms with Gasteiger partial charge in [0, 0.05) is 18.7 Å². The maximum Gasteiger partial charge on any atom is 0.264 e. The van der Waals surface area contributed by atoms with Gasteiger partial charge in [-0.25, -0.2) is 8.42 Å². The summed E-state index contributed by atoms with van der Waals surface area (Å²) in [5.41, 5.74) is 0.876. The van der Waals surface area contributed by atoms with Crippen molar-refractivity contribution in [3.63, 3.8) is 0 Å². The van der Waals surface area contributed by atoms with Gasteiger partial charge in [-0.15, -0.1) is 0 Å². The van der Waals surface area contributed by atoms with E-state index >= 15 is 0 Å². The van der Waals surface area contributed by atoms with Crippen LogP contribution in [-0.4, -0.2) is 57.0 Å². The van der Waals surface area contributed by atoms with Crippen molar-refractivity contribution in [3.8, 4) is 11.5 Å². The molecule has 3 aromatic carbocycles. The summed E-state index contributed by atoms with van der Waals surface area (Å²) >= 11 is 12.4. The van der Waals surface area contributed by atoms with E-state index in [1.165, 1.54) is 17.0 Å². The van der Waals surface area contributed by atoms with Crippen molar-refractivity contribution in [2.45, 2.75) is 62.6 Å². The standard InChI is InChI=1S/C32H35Cl2N3O6S/c1-2-28(32(39)35-23-8-6-7-9-23)36(20-22-12-14-26(33)27(34)18-22)31(38)21-37(44(40,41)25-10-4-3-5-11-25)24-13-15-29-30(19-24)43-17-16-42-29/h3-5,10-15,18-19,23,28H,2,6-9,16-17,20-21H2,1H3,(H,35,39). The molecule has 3 aromatic rings. The van der Waals surface area contributed by atoms with Crippen molar-refractivity contribution in [2.75, 3.05) is 24.1 Å². The average Bonchev–Trinajstić information content (AvgIpc) is 3.54. The minimum absolute atomic E-state index is 0.0183. The number of sulfonamides is 1. The highest BCUT2D eigenvalue weighted by atomic mass is 35.5. The van der Waals surface area contributed by atoms with Gasteiger partial charge in [0.05, 0.1) is 20.6 Å². The lowest BCUT2D eigenvalue weighted by Gasteiger charge is -2.34. The number of hydrogen-bond donors (Lipinski definition) is 1. The minimum Gasteiger partial charge on any atom is -0.486 e. The number of nitrogens with one attached hydrogen (secondary N) is 1. The molecule has 5 rings (SSSR count). The van der Waals surface area contributed by atoms with Crippen molar-refractivity contribution in [1.82, 2.24) is 10.2 Å². The molecule has 2 amide bonds. The van der Waals surface area contributed by atoms with Gasteiger partial charge < -0.3 is 19.7 Å². The number of nitrogens with zero attached hydrogens (tertiary/aromatic N) is 2. The van der Waals surface area contributed by atoms with E-state index in [4.69, 9.17) is 32.7 Å². The van der Waals surface area contributed by atoms with Crippen molar-refractivity contribution in [2.24, 2.45) is 0 Å². The molecular formula is C32H35Cl2N3O6S. The van der Waals surface area contributed by atoms with E-state index < -0.39 is 28.5 Å². The van der Waals surface area contributed by atoms with Gasteiger partial charge in [0.1, 0.15) is 25.8 Å². The summed E-state index contributed by atoms with van der Waals surface area (Å²) in [4.78, 5) is 29.4. The van der Waals surface area contributed by atoms with Crippen LogP contribution in [0, 0.1) is 0 Å². The zero-order valence-electron chi connectivity index (χ0n) is 24.4. The lowest BCUT2D eigenvalue weighted by atomic mass is 10.1. The number of carbonyl (C=O) groups is 2. The second-order valence-corrected chi connectivity index (χ2v) is 13.5. The van der Waals surface area contributed by atoms with Crippen LogP contribution in [0.15, 0.2) is 71.6 Å². The molecule has 1 N–H and O–H groups in total. The van der Waals surface area contributed by atoms with E-state index in [2.05, 4.69) is 5.32 Å². The first-order valence-electron chi connectivity index (χ1n) is 14.7. The molecule has 0 bridgehead atoms. The van der Waals surface area contributed by atoms with Gasteiger partial charge in [-0.2, -0.15) is 0 Å². The summed E-state index contributed by atoms with van der Waals surface area (Å²) < 4.78 is 40.5. The molecule has 1 aliphatic carbocycles. The summed E-state index contributed by atoms with van der Waals surface area (Å²) in [6, 6.07) is 16.9. The Hall–Kier alpha value is -3.47. The predicted molar refractivity (Wildman–Crippen MR) is 170 cm³/mol. The summed E-state index contributed by atoms with van der Waals surface area (Å²) in [6.07, 6.45) is 4.16. The number of ether oxygens (including phenoxy) is 2. The van der Waals surface area contributed by atoms with E-state index in [1.54, 1.807) is 54.6 Å². The molecule has 44 heavy (non-hydrogen) atoms. The van der Waals surface area contributed by atoms with Crippen LogP contribution >= 0.6 is 23.2 Å². The van der Waals surface area contributed by atoms with E-state index in [0.717, 1.165) is 30.0 Å². The molecule has 1 fully saturated rings. The van der Waals surface area contributed by atoms with Crippen molar-refractivity contribution < 1.29 is 27.5 Å². The molecule has 1 heterocycles. The zero-order valence-corrected chi connectivity index (χ0v) is 26.7. The summed E-state index contributed by atoms with van der Waals surface area (Å²) in [5, 5.41) is 3.77. The molecule has 12 heteroatoms. The van der Waals surface area contributed by atoms with Gasteiger partial charge in [-0.3, -0.25) is 13.9 Å². The fraction of sp³-hybridized carbons (Fsp3) is 0.375. The number of fused-ring (bicyclic) bond motifs is 1. The van der Waals surface area contributed by atoms with E-state index in [-0.39, 0.29) is 29.1 Å². The molecule has 0 saturated heterocycles. The molecule has 1 aliphatic heterocycles. The molecule has 1 unspecified atom stereocenters. The van der Waals surface area contributed by atoms with Crippen LogP contribution in [-0.2, 0) is 26.2 Å². The third-order valence-corrected chi connectivity index (χ3v) is 10.4. The minimum atomic E-state index is -4.22. The first kappa shape index (κ1) is 31.9. The average molecular weight is 661 g/mol. The summed E-state index contributed by atoms with van der Waals surface area (Å²) in [5.74, 6) is 0.0345.